The lowest BCUT2D eigenvalue weighted by Gasteiger charge is -2.03. The average Bonchev–Trinajstić information content (AvgIpc) is 2.81. The number of nitrogens with zero attached hydrogens (tertiary/aromatic N) is 1. The van der Waals surface area contributed by atoms with E-state index in [9.17, 15) is 13.2 Å². The van der Waals surface area contributed by atoms with Gasteiger partial charge in [-0.25, -0.2) is 13.5 Å². The maximum Gasteiger partial charge on any atom is 0.264 e. The van der Waals surface area contributed by atoms with Crippen LogP contribution in [0.2, 0.25) is 0 Å². The van der Waals surface area contributed by atoms with Crippen molar-refractivity contribution in [3.8, 4) is 0 Å². The summed E-state index contributed by atoms with van der Waals surface area (Å²) in [7, 11) is -3.75. The van der Waals surface area contributed by atoms with E-state index >= 15 is 0 Å². The van der Waals surface area contributed by atoms with Crippen LogP contribution in [0.3, 0.4) is 0 Å². The Morgan fingerprint density at radius 2 is 2.22 bits per heavy atom. The van der Waals surface area contributed by atoms with Gasteiger partial charge in [0.25, 0.3) is 15.6 Å². The zero-order valence-electron chi connectivity index (χ0n) is 8.95. The molecular weight excluding hydrogens is 278 g/mol. The molecule has 0 spiro atoms. The van der Waals surface area contributed by atoms with Gasteiger partial charge >= 0.3 is 0 Å². The Bertz CT molecular complexity index is 684. The van der Waals surface area contributed by atoms with Gasteiger partial charge in [0.05, 0.1) is 11.5 Å². The molecule has 0 radical (unpaired) electrons. The minimum Gasteiger partial charge on any atom is -0.391 e. The molecule has 0 saturated heterocycles. The van der Waals surface area contributed by atoms with Crippen molar-refractivity contribution in [1.29, 1.82) is 0 Å². The molecule has 3 N–H and O–H groups in total. The van der Waals surface area contributed by atoms with E-state index in [1.807, 2.05) is 0 Å². The van der Waals surface area contributed by atoms with E-state index in [-0.39, 0.29) is 17.3 Å². The van der Waals surface area contributed by atoms with Gasteiger partial charge in [-0.05, 0) is 12.1 Å². The third-order valence-corrected chi connectivity index (χ3v) is 4.42. The molecular formula is C9H9N3O4S2. The van der Waals surface area contributed by atoms with E-state index < -0.39 is 15.6 Å². The van der Waals surface area contributed by atoms with Gasteiger partial charge in [0, 0.05) is 16.3 Å². The smallest absolute Gasteiger partial charge is 0.264 e. The normalized spacial score (nSPS) is 11.4. The number of thiophene rings is 1. The Labute approximate surface area is 106 Å². The lowest BCUT2D eigenvalue weighted by Crippen LogP contribution is -2.15. The van der Waals surface area contributed by atoms with E-state index in [0.29, 0.717) is 4.88 Å². The predicted octanol–water partition coefficient (Wildman–Crippen LogP) is 0.124. The first-order valence-electron chi connectivity index (χ1n) is 4.78. The molecule has 0 bridgehead atoms. The molecule has 18 heavy (non-hydrogen) atoms. The van der Waals surface area contributed by atoms with Crippen LogP contribution in [0.25, 0.3) is 0 Å². The molecule has 0 saturated carbocycles. The highest BCUT2D eigenvalue weighted by Crippen LogP contribution is 2.20. The maximum atomic E-state index is 11.9. The summed E-state index contributed by atoms with van der Waals surface area (Å²) in [5.41, 5.74) is -0.420. The van der Waals surface area contributed by atoms with Crippen LogP contribution >= 0.6 is 11.3 Å². The van der Waals surface area contributed by atoms with Crippen LogP contribution in [0, 0.1) is 0 Å². The van der Waals surface area contributed by atoms with Gasteiger partial charge in [0.15, 0.2) is 5.82 Å². The highest BCUT2D eigenvalue weighted by Gasteiger charge is 2.16. The quantitative estimate of drug-likeness (QED) is 0.739. The van der Waals surface area contributed by atoms with Gasteiger partial charge < -0.3 is 5.11 Å². The molecule has 0 fully saturated rings. The van der Waals surface area contributed by atoms with Gasteiger partial charge in [0.1, 0.15) is 0 Å². The van der Waals surface area contributed by atoms with Crippen molar-refractivity contribution in [2.45, 2.75) is 11.5 Å². The zero-order chi connectivity index (χ0) is 13.2. The molecule has 96 valence electrons. The van der Waals surface area contributed by atoms with Crippen LogP contribution in [-0.2, 0) is 16.6 Å². The number of aromatic amines is 1. The zero-order valence-corrected chi connectivity index (χ0v) is 10.6. The number of hydrogen-bond donors (Lipinski definition) is 3. The Morgan fingerprint density at radius 1 is 1.44 bits per heavy atom. The predicted molar refractivity (Wildman–Crippen MR) is 65.9 cm³/mol. The van der Waals surface area contributed by atoms with E-state index in [1.54, 1.807) is 0 Å². The van der Waals surface area contributed by atoms with Crippen molar-refractivity contribution in [3.05, 3.63) is 38.8 Å². The molecule has 9 heteroatoms. The first-order chi connectivity index (χ1) is 8.51. The largest absolute Gasteiger partial charge is 0.391 e. The molecule has 2 heterocycles. The van der Waals surface area contributed by atoms with Gasteiger partial charge in [0.2, 0.25) is 0 Å². The fraction of sp³-hybridized carbons (Fsp3) is 0.111. The number of aliphatic hydroxyl groups is 1. The second-order valence-electron chi connectivity index (χ2n) is 3.32. The van der Waals surface area contributed by atoms with Crippen molar-refractivity contribution in [2.75, 3.05) is 4.72 Å². The standard InChI is InChI=1S/C9H9N3O4S2/c13-4-6-3-7(5-17-6)18(15,16)12-8-1-2-9(14)11-10-8/h1-3,5,13H,4H2,(H,10,12)(H,11,14). The highest BCUT2D eigenvalue weighted by molar-refractivity contribution is 7.92. The molecule has 2 rings (SSSR count). The second-order valence-corrected chi connectivity index (χ2v) is 6.00. The summed E-state index contributed by atoms with van der Waals surface area (Å²) in [6.45, 7) is -0.211. The molecule has 0 unspecified atom stereocenters. The number of H-pyrrole nitrogens is 1. The SMILES string of the molecule is O=c1ccc(NS(=O)(=O)c2csc(CO)c2)n[nH]1. The highest BCUT2D eigenvalue weighted by atomic mass is 32.2. The van der Waals surface area contributed by atoms with Crippen molar-refractivity contribution in [2.24, 2.45) is 0 Å². The van der Waals surface area contributed by atoms with E-state index in [4.69, 9.17) is 5.11 Å². The van der Waals surface area contributed by atoms with Crippen LogP contribution in [-0.4, -0.2) is 23.7 Å². The molecule has 0 atom stereocenters. The minimum atomic E-state index is -3.75. The Hall–Kier alpha value is -1.71. The summed E-state index contributed by atoms with van der Waals surface area (Å²) in [6, 6.07) is 3.80. The van der Waals surface area contributed by atoms with E-state index in [2.05, 4.69) is 14.9 Å². The fourth-order valence-electron chi connectivity index (χ4n) is 1.18. The van der Waals surface area contributed by atoms with Crippen LogP contribution in [0.1, 0.15) is 4.88 Å². The lowest BCUT2D eigenvalue weighted by atomic mass is 10.5. The molecule has 2 aromatic rings. The van der Waals surface area contributed by atoms with Crippen molar-refractivity contribution in [3.63, 3.8) is 0 Å². The summed E-state index contributed by atoms with van der Waals surface area (Å²) in [6.07, 6.45) is 0. The number of aliphatic hydroxyl groups excluding tert-OH is 1. The first-order valence-corrected chi connectivity index (χ1v) is 7.14. The number of sulfonamides is 1. The number of hydrogen-bond acceptors (Lipinski definition) is 6. The van der Waals surface area contributed by atoms with Crippen molar-refractivity contribution in [1.82, 2.24) is 10.2 Å². The number of anilines is 1. The third-order valence-electron chi connectivity index (χ3n) is 2.01. The molecule has 0 aliphatic heterocycles. The second kappa shape index (κ2) is 4.88. The monoisotopic (exact) mass is 287 g/mol. The van der Waals surface area contributed by atoms with Crippen LogP contribution in [0.15, 0.2) is 33.3 Å². The number of rotatable bonds is 4. The maximum absolute atomic E-state index is 11.9. The molecule has 0 aromatic carbocycles. The van der Waals surface area contributed by atoms with Gasteiger partial charge in [-0.15, -0.1) is 11.3 Å². The fourth-order valence-corrected chi connectivity index (χ4v) is 3.32. The Morgan fingerprint density at radius 3 is 2.78 bits per heavy atom. The number of aromatic nitrogens is 2. The van der Waals surface area contributed by atoms with E-state index in [1.165, 1.54) is 17.5 Å². The molecule has 2 aromatic heterocycles. The molecule has 0 aliphatic rings. The van der Waals surface area contributed by atoms with Crippen molar-refractivity contribution < 1.29 is 13.5 Å². The molecule has 0 amide bonds. The van der Waals surface area contributed by atoms with Gasteiger partial charge in [-0.1, -0.05) is 0 Å². The summed E-state index contributed by atoms with van der Waals surface area (Å²) in [5.74, 6) is 0.0198. The minimum absolute atomic E-state index is 0.0198. The molecule has 7 nitrogen and oxygen atoms in total. The summed E-state index contributed by atoms with van der Waals surface area (Å²) in [4.78, 5) is 11.4. The van der Waals surface area contributed by atoms with Gasteiger partial charge in [-0.2, -0.15) is 5.10 Å². The van der Waals surface area contributed by atoms with Crippen LogP contribution < -0.4 is 10.3 Å². The molecule has 0 aliphatic carbocycles. The summed E-state index contributed by atoms with van der Waals surface area (Å²) in [5, 5.41) is 16.0. The number of nitrogens with one attached hydrogen (secondary N) is 2. The van der Waals surface area contributed by atoms with Crippen molar-refractivity contribution >= 4 is 27.2 Å². The summed E-state index contributed by atoms with van der Waals surface area (Å²) < 4.78 is 26.0. The van der Waals surface area contributed by atoms with Crippen LogP contribution in [0.5, 0.6) is 0 Å². The first kappa shape index (κ1) is 12.7. The topological polar surface area (TPSA) is 112 Å². The third kappa shape index (κ3) is 2.75. The van der Waals surface area contributed by atoms with Gasteiger partial charge in [-0.3, -0.25) is 9.52 Å². The lowest BCUT2D eigenvalue weighted by molar-refractivity contribution is 0.285. The summed E-state index contributed by atoms with van der Waals surface area (Å²) >= 11 is 1.14. The Balaban J connectivity index is 2.26. The van der Waals surface area contributed by atoms with E-state index in [0.717, 1.165) is 17.4 Å². The Kier molecular flexibility index (Phi) is 3.45. The average molecular weight is 287 g/mol. The van der Waals surface area contributed by atoms with Crippen LogP contribution in [0.4, 0.5) is 5.82 Å².